The lowest BCUT2D eigenvalue weighted by atomic mass is 10.2. The molecule has 0 aliphatic rings. The van der Waals surface area contributed by atoms with Crippen LogP contribution in [0.4, 0.5) is 0 Å². The summed E-state index contributed by atoms with van der Waals surface area (Å²) in [7, 11) is 1.31. The van der Waals surface area contributed by atoms with Gasteiger partial charge in [-0.1, -0.05) is 11.6 Å². The summed E-state index contributed by atoms with van der Waals surface area (Å²) in [5, 5.41) is 0.535. The topological polar surface area (TPSA) is 39.2 Å². The maximum atomic E-state index is 11.1. The van der Waals surface area contributed by atoms with Crippen LogP contribution in [0.25, 0.3) is 0 Å². The SMILES string of the molecule is COC(=O)c1cc(Cl)c(C)c(C)n1. The Morgan fingerprint density at radius 2 is 2.15 bits per heavy atom. The summed E-state index contributed by atoms with van der Waals surface area (Å²) in [5.41, 5.74) is 1.87. The molecule has 1 rings (SSSR count). The summed E-state index contributed by atoms with van der Waals surface area (Å²) in [6.45, 7) is 3.65. The van der Waals surface area contributed by atoms with Crippen molar-refractivity contribution in [2.24, 2.45) is 0 Å². The molecule has 3 nitrogen and oxygen atoms in total. The van der Waals surface area contributed by atoms with Gasteiger partial charge in [0, 0.05) is 10.7 Å². The molecular weight excluding hydrogens is 190 g/mol. The minimum absolute atomic E-state index is 0.246. The van der Waals surface area contributed by atoms with Gasteiger partial charge >= 0.3 is 5.97 Å². The predicted octanol–water partition coefficient (Wildman–Crippen LogP) is 2.14. The number of carbonyl (C=O) groups is 1. The fourth-order valence-electron chi connectivity index (χ4n) is 0.907. The van der Waals surface area contributed by atoms with E-state index in [1.54, 1.807) is 6.92 Å². The summed E-state index contributed by atoms with van der Waals surface area (Å²) >= 11 is 5.87. The Balaban J connectivity index is 3.20. The number of carbonyl (C=O) groups excluding carboxylic acids is 1. The van der Waals surface area contributed by atoms with Crippen molar-refractivity contribution < 1.29 is 9.53 Å². The largest absolute Gasteiger partial charge is 0.464 e. The van der Waals surface area contributed by atoms with E-state index in [0.717, 1.165) is 11.3 Å². The predicted molar refractivity (Wildman–Crippen MR) is 50.1 cm³/mol. The first-order valence-corrected chi connectivity index (χ1v) is 4.16. The van der Waals surface area contributed by atoms with Crippen LogP contribution in [0, 0.1) is 13.8 Å². The molecule has 0 fully saturated rings. The number of methoxy groups -OCH3 is 1. The second-order valence-corrected chi connectivity index (χ2v) is 3.10. The number of halogens is 1. The van der Waals surface area contributed by atoms with Gasteiger partial charge in [-0.25, -0.2) is 9.78 Å². The highest BCUT2D eigenvalue weighted by molar-refractivity contribution is 6.31. The molecule has 1 aromatic rings. The van der Waals surface area contributed by atoms with Crippen molar-refractivity contribution in [3.63, 3.8) is 0 Å². The zero-order chi connectivity index (χ0) is 10.0. The van der Waals surface area contributed by atoms with Crippen molar-refractivity contribution in [1.82, 2.24) is 4.98 Å². The third-order valence-corrected chi connectivity index (χ3v) is 2.24. The van der Waals surface area contributed by atoms with Crippen molar-refractivity contribution in [2.75, 3.05) is 7.11 Å². The molecular formula is C9H10ClNO2. The molecule has 0 radical (unpaired) electrons. The normalized spacial score (nSPS) is 9.85. The van der Waals surface area contributed by atoms with Crippen LogP contribution < -0.4 is 0 Å². The van der Waals surface area contributed by atoms with E-state index in [1.165, 1.54) is 13.2 Å². The lowest BCUT2D eigenvalue weighted by Gasteiger charge is -2.04. The van der Waals surface area contributed by atoms with Gasteiger partial charge in [0.15, 0.2) is 0 Å². The van der Waals surface area contributed by atoms with Crippen molar-refractivity contribution in [3.8, 4) is 0 Å². The lowest BCUT2D eigenvalue weighted by molar-refractivity contribution is 0.0594. The zero-order valence-corrected chi connectivity index (χ0v) is 8.47. The summed E-state index contributed by atoms with van der Waals surface area (Å²) in [5.74, 6) is -0.468. The van der Waals surface area contributed by atoms with Gasteiger partial charge in [0.2, 0.25) is 0 Å². The van der Waals surface area contributed by atoms with Crippen LogP contribution >= 0.6 is 11.6 Å². The van der Waals surface area contributed by atoms with Crippen LogP contribution in [0.1, 0.15) is 21.7 Å². The molecule has 0 aliphatic carbocycles. The van der Waals surface area contributed by atoms with Crippen LogP contribution in [-0.2, 0) is 4.74 Å². The number of ether oxygens (including phenoxy) is 1. The van der Waals surface area contributed by atoms with Crippen molar-refractivity contribution >= 4 is 17.6 Å². The quantitative estimate of drug-likeness (QED) is 0.651. The molecule has 0 amide bonds. The van der Waals surface area contributed by atoms with Gasteiger partial charge in [-0.3, -0.25) is 0 Å². The molecule has 1 aromatic heterocycles. The monoisotopic (exact) mass is 199 g/mol. The second kappa shape index (κ2) is 3.75. The Morgan fingerprint density at radius 3 is 2.62 bits per heavy atom. The van der Waals surface area contributed by atoms with Crippen molar-refractivity contribution in [2.45, 2.75) is 13.8 Å². The third-order valence-electron chi connectivity index (χ3n) is 1.85. The molecule has 0 aromatic carbocycles. The van der Waals surface area contributed by atoms with E-state index in [0.29, 0.717) is 5.02 Å². The lowest BCUT2D eigenvalue weighted by Crippen LogP contribution is -2.06. The van der Waals surface area contributed by atoms with Crippen molar-refractivity contribution in [3.05, 3.63) is 28.0 Å². The molecule has 70 valence electrons. The maximum absolute atomic E-state index is 11.1. The number of hydrogen-bond donors (Lipinski definition) is 0. The maximum Gasteiger partial charge on any atom is 0.356 e. The highest BCUT2D eigenvalue weighted by Gasteiger charge is 2.10. The van der Waals surface area contributed by atoms with Crippen LogP contribution in [0.15, 0.2) is 6.07 Å². The minimum atomic E-state index is -0.468. The molecule has 1 heterocycles. The minimum Gasteiger partial charge on any atom is -0.464 e. The first-order valence-electron chi connectivity index (χ1n) is 3.78. The molecule has 0 unspecified atom stereocenters. The van der Waals surface area contributed by atoms with Gasteiger partial charge in [0.05, 0.1) is 7.11 Å². The Hall–Kier alpha value is -1.09. The average molecular weight is 200 g/mol. The standard InChI is InChI=1S/C9H10ClNO2/c1-5-6(2)11-8(4-7(5)10)9(12)13-3/h4H,1-3H3. The molecule has 4 heteroatoms. The number of rotatable bonds is 1. The van der Waals surface area contributed by atoms with E-state index in [4.69, 9.17) is 11.6 Å². The fraction of sp³-hybridized carbons (Fsp3) is 0.333. The van der Waals surface area contributed by atoms with Gasteiger partial charge in [-0.2, -0.15) is 0 Å². The summed E-state index contributed by atoms with van der Waals surface area (Å²) in [4.78, 5) is 15.1. The van der Waals surface area contributed by atoms with E-state index in [1.807, 2.05) is 6.92 Å². The highest BCUT2D eigenvalue weighted by atomic mass is 35.5. The summed E-state index contributed by atoms with van der Waals surface area (Å²) in [6.07, 6.45) is 0. The zero-order valence-electron chi connectivity index (χ0n) is 7.72. The molecule has 0 spiro atoms. The Morgan fingerprint density at radius 1 is 1.54 bits per heavy atom. The van der Waals surface area contributed by atoms with Crippen LogP contribution in [0.2, 0.25) is 5.02 Å². The smallest absolute Gasteiger partial charge is 0.356 e. The summed E-state index contributed by atoms with van der Waals surface area (Å²) in [6, 6.07) is 1.51. The van der Waals surface area contributed by atoms with Crippen molar-refractivity contribution in [1.29, 1.82) is 0 Å². The highest BCUT2D eigenvalue weighted by Crippen LogP contribution is 2.18. The molecule has 0 saturated carbocycles. The third kappa shape index (κ3) is 1.98. The number of aromatic nitrogens is 1. The van der Waals surface area contributed by atoms with E-state index in [2.05, 4.69) is 9.72 Å². The molecule has 0 aliphatic heterocycles. The van der Waals surface area contributed by atoms with E-state index >= 15 is 0 Å². The van der Waals surface area contributed by atoms with Gasteiger partial charge in [0.25, 0.3) is 0 Å². The fourth-order valence-corrected chi connectivity index (χ4v) is 1.15. The van der Waals surface area contributed by atoms with Gasteiger partial charge in [-0.05, 0) is 25.5 Å². The van der Waals surface area contributed by atoms with Crippen LogP contribution in [-0.4, -0.2) is 18.1 Å². The molecule has 13 heavy (non-hydrogen) atoms. The Labute approximate surface area is 81.7 Å². The summed E-state index contributed by atoms with van der Waals surface area (Å²) < 4.78 is 4.53. The van der Waals surface area contributed by atoms with E-state index in [9.17, 15) is 4.79 Å². The van der Waals surface area contributed by atoms with Gasteiger partial charge in [0.1, 0.15) is 5.69 Å². The first kappa shape index (κ1) is 9.99. The Kier molecular flexibility index (Phi) is 2.88. The van der Waals surface area contributed by atoms with Gasteiger partial charge in [-0.15, -0.1) is 0 Å². The molecule has 0 N–H and O–H groups in total. The average Bonchev–Trinajstić information content (AvgIpc) is 2.12. The number of hydrogen-bond acceptors (Lipinski definition) is 3. The second-order valence-electron chi connectivity index (χ2n) is 2.69. The van der Waals surface area contributed by atoms with Gasteiger partial charge < -0.3 is 4.74 Å². The Bertz CT molecular complexity index is 326. The molecule has 0 saturated heterocycles. The van der Waals surface area contributed by atoms with Crippen LogP contribution in [0.3, 0.4) is 0 Å². The number of pyridine rings is 1. The molecule has 0 atom stereocenters. The number of aryl methyl sites for hydroxylation is 1. The number of esters is 1. The molecule has 0 bridgehead atoms. The number of nitrogens with zero attached hydrogens (tertiary/aromatic N) is 1. The first-order chi connectivity index (χ1) is 6.06. The van der Waals surface area contributed by atoms with E-state index in [-0.39, 0.29) is 5.69 Å². The van der Waals surface area contributed by atoms with E-state index < -0.39 is 5.97 Å². The van der Waals surface area contributed by atoms with Crippen LogP contribution in [0.5, 0.6) is 0 Å².